The van der Waals surface area contributed by atoms with Gasteiger partial charge in [0, 0.05) is 43.9 Å². The molecule has 19 heteroatoms. The molecule has 2 amide bonds. The van der Waals surface area contributed by atoms with E-state index in [0.717, 1.165) is 31.8 Å². The summed E-state index contributed by atoms with van der Waals surface area (Å²) in [6.45, 7) is 7.58. The number of aliphatic hydroxyl groups is 1. The third kappa shape index (κ3) is 18.3. The van der Waals surface area contributed by atoms with Gasteiger partial charge in [0.25, 0.3) is 5.91 Å². The number of allylic oxidation sites excluding steroid dienone is 4. The Morgan fingerprint density at radius 1 is 0.817 bits per heavy atom. The first kappa shape index (κ1) is 58.1. The summed E-state index contributed by atoms with van der Waals surface area (Å²) in [5.74, 6) is -2.09. The standard InChI is InChI=1S/C52H64N3O8P.F6P/c1-35-31-42-47(54-29-18-7-8-19-30-64(39-22-12-9-13-23-39,40-24-14-10-15-25-40)41-26-16-11-17-27-41)44(56)34-43(49(42)58)55-51(59)36(2)21-20-28-45(61-5)50(63-52(53)60)38(4)33-37(3)48(57)46(32-35)62-6;1-7(2,3,4,5)6/h9-17,20-28,33-35,37,45-46,48,50,57H,7-8,18-19,29-32H2,1-6H3,(H3-,53,54,55,56,58,59,60);/q;-1/p+1/b28-20-,36-21-,38-33-;/t35-,37+,45+,46+,48-,50+;/m1./s1. The number of ether oxygens (including phenoxy) is 3. The van der Waals surface area contributed by atoms with Gasteiger partial charge in [-0.05, 0) is 93.8 Å². The summed E-state index contributed by atoms with van der Waals surface area (Å²) >= 11 is 0. The number of carbonyl (C=O) groups is 4. The number of hydrogen-bond acceptors (Lipinski definition) is 9. The van der Waals surface area contributed by atoms with Crippen molar-refractivity contribution >= 4 is 54.6 Å². The Bertz CT molecular complexity index is 2360. The number of rotatable bonds is 14. The Kier molecular flexibility index (Phi) is 20.3. The van der Waals surface area contributed by atoms with Crippen LogP contribution in [0.5, 0.6) is 0 Å². The number of aliphatic hydroxyl groups excluding tert-OH is 1. The Morgan fingerprint density at radius 2 is 1.34 bits per heavy atom. The molecule has 3 aromatic carbocycles. The maximum atomic E-state index is 14.2. The Hall–Kier alpha value is -5.44. The van der Waals surface area contributed by atoms with Crippen LogP contribution in [0.15, 0.2) is 149 Å². The average molecular weight is 1040 g/mol. The number of primary amides is 1. The SMILES string of the molecule is CO[C@H]1/C=C\C=C(\C)C(=O)NC2=CC(=O)C(NCCCCCC[P+](c3ccccc3)(c3ccccc3)c3ccccc3)=C(C[C@@H](C)C[C@H](OC)[C@H](O)[C@@H](C)/C=C(/C)[C@@H]1OC(N)=O)C2=O.F[P-](F)(F)(F)(F)F. The molecule has 1 heterocycles. The first-order valence-corrected chi connectivity index (χ1v) is 27.2. The molecule has 3 aromatic rings. The molecule has 2 aliphatic rings. The minimum absolute atomic E-state index is 0.110. The van der Waals surface area contributed by atoms with Gasteiger partial charge in [0.2, 0.25) is 11.6 Å². The molecule has 1 aliphatic heterocycles. The molecule has 0 aromatic heterocycles. The van der Waals surface area contributed by atoms with Gasteiger partial charge in [0.15, 0.2) is 6.10 Å². The zero-order valence-corrected chi connectivity index (χ0v) is 42.5. The molecule has 388 valence electrons. The second-order valence-corrected chi connectivity index (χ2v) is 23.3. The first-order chi connectivity index (χ1) is 33.2. The van der Waals surface area contributed by atoms with Crippen molar-refractivity contribution < 1.29 is 63.7 Å². The summed E-state index contributed by atoms with van der Waals surface area (Å²) < 4.78 is 76.1. The van der Waals surface area contributed by atoms with Gasteiger partial charge in [0.05, 0.1) is 29.8 Å². The van der Waals surface area contributed by atoms with Gasteiger partial charge >= 0.3 is 39.1 Å². The monoisotopic (exact) mass is 1040 g/mol. The molecule has 2 bridgehead atoms. The molecule has 5 rings (SSSR count). The molecular formula is C52H65F6N3O8P2. The maximum absolute atomic E-state index is 14.2. The zero-order valence-electron chi connectivity index (χ0n) is 40.7. The van der Waals surface area contributed by atoms with E-state index >= 15 is 0 Å². The van der Waals surface area contributed by atoms with Gasteiger partial charge in [-0.25, -0.2) is 4.79 Å². The van der Waals surface area contributed by atoms with E-state index < -0.39 is 69.0 Å². The van der Waals surface area contributed by atoms with Crippen molar-refractivity contribution in [2.24, 2.45) is 17.6 Å². The van der Waals surface area contributed by atoms with E-state index in [4.69, 9.17) is 19.9 Å². The van der Waals surface area contributed by atoms with Crippen molar-refractivity contribution in [3.05, 3.63) is 149 Å². The van der Waals surface area contributed by atoms with Crippen molar-refractivity contribution in [2.75, 3.05) is 26.9 Å². The van der Waals surface area contributed by atoms with Crippen LogP contribution in [0.3, 0.4) is 0 Å². The predicted molar refractivity (Wildman–Crippen MR) is 270 cm³/mol. The molecule has 0 saturated heterocycles. The number of nitrogens with two attached hydrogens (primary N) is 1. The number of halogens is 6. The molecule has 0 unspecified atom stereocenters. The molecule has 0 saturated carbocycles. The van der Waals surface area contributed by atoms with Crippen molar-refractivity contribution in [3.63, 3.8) is 0 Å². The van der Waals surface area contributed by atoms with Crippen molar-refractivity contribution in [1.29, 1.82) is 0 Å². The van der Waals surface area contributed by atoms with E-state index in [1.807, 2.05) is 13.8 Å². The summed E-state index contributed by atoms with van der Waals surface area (Å²) in [4.78, 5) is 53.4. The number of benzene rings is 3. The van der Waals surface area contributed by atoms with Crippen LogP contribution < -0.4 is 32.3 Å². The van der Waals surface area contributed by atoms with Crippen LogP contribution in [0, 0.1) is 11.8 Å². The molecule has 71 heavy (non-hydrogen) atoms. The van der Waals surface area contributed by atoms with E-state index in [1.54, 1.807) is 32.1 Å². The molecule has 1 aliphatic carbocycles. The summed E-state index contributed by atoms with van der Waals surface area (Å²) in [7, 11) is -9.63. The first-order valence-electron chi connectivity index (χ1n) is 23.2. The fourth-order valence-corrected chi connectivity index (χ4v) is 13.1. The summed E-state index contributed by atoms with van der Waals surface area (Å²) in [5, 5.41) is 21.6. The second-order valence-electron chi connectivity index (χ2n) is 17.8. The van der Waals surface area contributed by atoms with Gasteiger partial charge in [0.1, 0.15) is 29.3 Å². The van der Waals surface area contributed by atoms with Crippen molar-refractivity contribution in [3.8, 4) is 0 Å². The van der Waals surface area contributed by atoms with Crippen LogP contribution in [0.2, 0.25) is 0 Å². The summed E-state index contributed by atoms with van der Waals surface area (Å²) in [6.07, 6.45) is 8.61. The van der Waals surface area contributed by atoms with E-state index in [9.17, 15) is 49.5 Å². The summed E-state index contributed by atoms with van der Waals surface area (Å²) in [5.41, 5.74) is 6.67. The van der Waals surface area contributed by atoms with Crippen LogP contribution in [0.4, 0.5) is 30.0 Å². The second kappa shape index (κ2) is 24.8. The third-order valence-corrected chi connectivity index (χ3v) is 16.6. The predicted octanol–water partition coefficient (Wildman–Crippen LogP) is 10.3. The topological polar surface area (TPSA) is 166 Å². The van der Waals surface area contributed by atoms with Crippen molar-refractivity contribution in [1.82, 2.24) is 10.6 Å². The van der Waals surface area contributed by atoms with Crippen LogP contribution in [0.1, 0.15) is 66.2 Å². The van der Waals surface area contributed by atoms with Crippen LogP contribution in [-0.2, 0) is 28.6 Å². The molecule has 6 atom stereocenters. The molecule has 0 fully saturated rings. The van der Waals surface area contributed by atoms with E-state index in [2.05, 4.69) is 102 Å². The number of hydrogen-bond donors (Lipinski definition) is 4. The van der Waals surface area contributed by atoms with Gasteiger partial charge < -0.3 is 35.7 Å². The minimum atomic E-state index is -10.7. The molecule has 0 radical (unpaired) electrons. The third-order valence-electron chi connectivity index (χ3n) is 12.1. The molecular weight excluding hydrogens is 971 g/mol. The number of amides is 2. The zero-order chi connectivity index (χ0) is 52.6. The van der Waals surface area contributed by atoms with Gasteiger partial charge in [-0.15, -0.1) is 0 Å². The van der Waals surface area contributed by atoms with E-state index in [0.29, 0.717) is 18.5 Å². The Balaban J connectivity index is 0.00000145. The quantitative estimate of drug-likeness (QED) is 0.0404. The fraction of sp³-hybridized carbons (Fsp3) is 0.385. The number of carbonyl (C=O) groups excluding carboxylic acids is 4. The molecule has 5 N–H and O–H groups in total. The normalized spacial score (nSPS) is 24.8. The summed E-state index contributed by atoms with van der Waals surface area (Å²) in [6, 6.07) is 32.6. The van der Waals surface area contributed by atoms with Gasteiger partial charge in [-0.3, -0.25) is 14.4 Å². The fourth-order valence-electron chi connectivity index (χ4n) is 8.70. The van der Waals surface area contributed by atoms with E-state index in [1.165, 1.54) is 42.3 Å². The number of fused-ring (bicyclic) bond motifs is 2. The number of Topliss-reactive ketones (excluding diaryl/α,β-unsaturated/α-hetero) is 1. The van der Waals surface area contributed by atoms with Crippen LogP contribution >= 0.6 is 15.1 Å². The van der Waals surface area contributed by atoms with Crippen molar-refractivity contribution in [2.45, 2.75) is 90.6 Å². The van der Waals surface area contributed by atoms with Crippen LogP contribution in [0.25, 0.3) is 0 Å². The number of ketones is 2. The Labute approximate surface area is 412 Å². The molecule has 0 spiro atoms. The Morgan fingerprint density at radius 3 is 1.83 bits per heavy atom. The van der Waals surface area contributed by atoms with E-state index in [-0.39, 0.29) is 34.9 Å². The number of unbranched alkanes of at least 4 members (excludes halogenated alkanes) is 3. The molecule has 11 nitrogen and oxygen atoms in total. The number of methoxy groups -OCH3 is 2. The van der Waals surface area contributed by atoms with Gasteiger partial charge in [-0.1, -0.05) is 99.2 Å². The average Bonchev–Trinajstić information content (AvgIpc) is 3.31. The number of nitrogens with one attached hydrogen (secondary N) is 2. The van der Waals surface area contributed by atoms with Crippen LogP contribution in [-0.4, -0.2) is 80.0 Å². The van der Waals surface area contributed by atoms with Gasteiger partial charge in [-0.2, -0.15) is 0 Å².